The number of carbonyl (C=O) groups excluding carboxylic acids is 2. The van der Waals surface area contributed by atoms with Crippen molar-refractivity contribution in [3.8, 4) is 0 Å². The zero-order valence-corrected chi connectivity index (χ0v) is 20.5. The highest BCUT2D eigenvalue weighted by atomic mass is 79.9. The van der Waals surface area contributed by atoms with E-state index in [1.807, 2.05) is 35.8 Å². The Morgan fingerprint density at radius 2 is 1.91 bits per heavy atom. The molecule has 35 heavy (non-hydrogen) atoms. The highest BCUT2D eigenvalue weighted by Gasteiger charge is 2.43. The number of hydrogen-bond acceptors (Lipinski definition) is 7. The van der Waals surface area contributed by atoms with E-state index >= 15 is 0 Å². The van der Waals surface area contributed by atoms with E-state index in [9.17, 15) is 19.2 Å². The number of likely N-dealkylation sites (tertiary alicyclic amines) is 1. The number of amidine groups is 1. The number of Topliss-reactive ketones (excluding diaryl/α,β-unsaturated/α-hetero) is 1. The van der Waals surface area contributed by atoms with E-state index in [0.29, 0.717) is 31.6 Å². The van der Waals surface area contributed by atoms with Crippen LogP contribution in [0.1, 0.15) is 36.7 Å². The molecular weight excluding hydrogens is 521 g/mol. The van der Waals surface area contributed by atoms with Gasteiger partial charge in [0.1, 0.15) is 17.3 Å². The Bertz CT molecular complexity index is 1260. The van der Waals surface area contributed by atoms with E-state index in [-0.39, 0.29) is 39.8 Å². The fourth-order valence-corrected chi connectivity index (χ4v) is 4.69. The second kappa shape index (κ2) is 10.4. The predicted molar refractivity (Wildman–Crippen MR) is 128 cm³/mol. The number of aromatic nitrogens is 2. The van der Waals surface area contributed by atoms with E-state index in [1.165, 1.54) is 25.1 Å². The summed E-state index contributed by atoms with van der Waals surface area (Å²) in [7, 11) is 0. The quantitative estimate of drug-likeness (QED) is 0.276. The summed E-state index contributed by atoms with van der Waals surface area (Å²) in [6.45, 7) is 2.45. The van der Waals surface area contributed by atoms with Gasteiger partial charge < -0.3 is 4.90 Å². The molecule has 2 N–H and O–H groups in total. The van der Waals surface area contributed by atoms with Crippen LogP contribution >= 0.6 is 15.9 Å². The molecular formula is C24H23BrFN5O4. The average molecular weight is 544 g/mol. The van der Waals surface area contributed by atoms with Gasteiger partial charge in [-0.3, -0.25) is 20.3 Å². The molecule has 0 aliphatic carbocycles. The smallest absolute Gasteiger partial charge is 0.219 e. The van der Waals surface area contributed by atoms with Crippen molar-refractivity contribution >= 4 is 39.1 Å². The maximum atomic E-state index is 13.8. The van der Waals surface area contributed by atoms with Gasteiger partial charge in [-0.15, -0.1) is 0 Å². The van der Waals surface area contributed by atoms with Crippen LogP contribution in [-0.4, -0.2) is 51.0 Å². The summed E-state index contributed by atoms with van der Waals surface area (Å²) in [6, 6.07) is 13.5. The molecule has 182 valence electrons. The minimum absolute atomic E-state index is 0.0237. The second-order valence-electron chi connectivity index (χ2n) is 8.28. The molecule has 11 heteroatoms. The molecule has 1 saturated heterocycles. The molecule has 1 aliphatic heterocycles. The van der Waals surface area contributed by atoms with Gasteiger partial charge in [0, 0.05) is 20.0 Å². The van der Waals surface area contributed by atoms with Gasteiger partial charge in [0.05, 0.1) is 22.0 Å². The van der Waals surface area contributed by atoms with Crippen LogP contribution in [0.25, 0.3) is 0 Å². The molecule has 1 aromatic heterocycles. The fourth-order valence-electron chi connectivity index (χ4n) is 4.33. The number of halogens is 2. The number of rotatable bonds is 6. The van der Waals surface area contributed by atoms with Crippen molar-refractivity contribution in [1.29, 1.82) is 0 Å². The number of hydrogen-bond donors (Lipinski definition) is 2. The van der Waals surface area contributed by atoms with Crippen LogP contribution < -0.4 is 5.48 Å². The lowest BCUT2D eigenvalue weighted by Gasteiger charge is -2.41. The third kappa shape index (κ3) is 5.15. The Morgan fingerprint density at radius 3 is 2.54 bits per heavy atom. The molecule has 1 fully saturated rings. The number of piperidine rings is 1. The van der Waals surface area contributed by atoms with Gasteiger partial charge in [-0.2, -0.15) is 0 Å². The molecule has 0 bridgehead atoms. The Morgan fingerprint density at radius 1 is 1.20 bits per heavy atom. The van der Waals surface area contributed by atoms with Crippen molar-refractivity contribution in [2.45, 2.75) is 31.6 Å². The number of carbonyl (C=O) groups is 2. The fraction of sp³-hybridized carbons (Fsp3) is 0.292. The van der Waals surface area contributed by atoms with E-state index in [0.717, 1.165) is 5.56 Å². The predicted octanol–water partition coefficient (Wildman–Crippen LogP) is 3.72. The molecule has 1 amide bonds. The van der Waals surface area contributed by atoms with Gasteiger partial charge in [0.25, 0.3) is 0 Å². The highest BCUT2D eigenvalue weighted by Crippen LogP contribution is 2.37. The number of nitrogens with zero attached hydrogens (tertiary/aromatic N) is 4. The van der Waals surface area contributed by atoms with Gasteiger partial charge in [0.15, 0.2) is 11.5 Å². The largest absolute Gasteiger partial charge is 0.343 e. The summed E-state index contributed by atoms with van der Waals surface area (Å²) in [5.74, 6) is -0.693. The number of aliphatic imine (C=N–C) groups is 1. The van der Waals surface area contributed by atoms with E-state index in [2.05, 4.69) is 31.2 Å². The van der Waals surface area contributed by atoms with Crippen LogP contribution in [0.3, 0.4) is 0 Å². The minimum Gasteiger partial charge on any atom is -0.343 e. The van der Waals surface area contributed by atoms with Crippen LogP contribution in [0.2, 0.25) is 0 Å². The molecule has 0 spiro atoms. The van der Waals surface area contributed by atoms with E-state index in [4.69, 9.17) is 4.63 Å². The van der Waals surface area contributed by atoms with Crippen molar-refractivity contribution in [3.63, 3.8) is 0 Å². The number of nitrogens with one attached hydrogen (secondary N) is 1. The van der Waals surface area contributed by atoms with E-state index in [1.54, 1.807) is 4.90 Å². The lowest BCUT2D eigenvalue weighted by molar-refractivity contribution is -0.134. The Hall–Kier alpha value is -3.44. The van der Waals surface area contributed by atoms with Crippen LogP contribution in [0, 0.1) is 5.82 Å². The molecule has 4 rings (SSSR count). The van der Waals surface area contributed by atoms with Crippen molar-refractivity contribution < 1.29 is 23.8 Å². The first-order valence-corrected chi connectivity index (χ1v) is 11.7. The third-order valence-corrected chi connectivity index (χ3v) is 6.89. The van der Waals surface area contributed by atoms with Crippen molar-refractivity contribution in [2.75, 3.05) is 13.1 Å². The zero-order valence-electron chi connectivity index (χ0n) is 18.9. The highest BCUT2D eigenvalue weighted by molar-refractivity contribution is 9.10. The van der Waals surface area contributed by atoms with Crippen molar-refractivity contribution in [1.82, 2.24) is 20.7 Å². The van der Waals surface area contributed by atoms with Crippen LogP contribution in [-0.2, 0) is 21.4 Å². The SMILES string of the molecule is CC(=O)N1CCC(C(=O)Cc2nonc2C(=Nc2ccc(F)c(Br)c2)NO)(c2ccccc2)CC1. The standard InChI is InChI=1S/C24H23BrFN5O4/c1-15(32)31-11-9-24(10-12-31,16-5-3-2-4-6-16)21(33)14-20-22(30-35-29-20)23(28-34)27-17-7-8-19(26)18(25)13-17/h2-8,13,34H,9-12,14H2,1H3,(H,27,28). The maximum Gasteiger partial charge on any atom is 0.219 e. The van der Waals surface area contributed by atoms with E-state index < -0.39 is 11.2 Å². The normalized spacial score (nSPS) is 15.7. The molecule has 0 saturated carbocycles. The second-order valence-corrected chi connectivity index (χ2v) is 9.14. The summed E-state index contributed by atoms with van der Waals surface area (Å²) in [6.07, 6.45) is 0.819. The Kier molecular flexibility index (Phi) is 7.37. The van der Waals surface area contributed by atoms with Gasteiger partial charge in [0.2, 0.25) is 5.91 Å². The minimum atomic E-state index is -0.810. The first-order valence-electron chi connectivity index (χ1n) is 10.9. The van der Waals surface area contributed by atoms with Gasteiger partial charge in [-0.25, -0.2) is 14.0 Å². The summed E-state index contributed by atoms with van der Waals surface area (Å²) in [5.41, 5.74) is 2.61. The molecule has 0 atom stereocenters. The molecule has 0 unspecified atom stereocenters. The summed E-state index contributed by atoms with van der Waals surface area (Å²) >= 11 is 3.10. The van der Waals surface area contributed by atoms with Gasteiger partial charge in [-0.1, -0.05) is 35.5 Å². The van der Waals surface area contributed by atoms with Crippen molar-refractivity contribution in [3.05, 3.63) is 75.8 Å². The van der Waals surface area contributed by atoms with Gasteiger partial charge in [-0.05, 0) is 57.7 Å². The average Bonchev–Trinajstić information content (AvgIpc) is 3.33. The number of amides is 1. The lowest BCUT2D eigenvalue weighted by atomic mass is 9.68. The molecule has 1 aliphatic rings. The first kappa shape index (κ1) is 24.7. The number of benzene rings is 2. The Balaban J connectivity index is 1.64. The first-order chi connectivity index (χ1) is 16.8. The molecule has 2 aromatic carbocycles. The van der Waals surface area contributed by atoms with Crippen molar-refractivity contribution in [2.24, 2.45) is 4.99 Å². The zero-order chi connectivity index (χ0) is 25.0. The summed E-state index contributed by atoms with van der Waals surface area (Å²) in [4.78, 5) is 31.6. The lowest BCUT2D eigenvalue weighted by Crippen LogP contribution is -2.49. The van der Waals surface area contributed by atoms with Crippen LogP contribution in [0.5, 0.6) is 0 Å². The maximum absolute atomic E-state index is 13.8. The molecule has 0 radical (unpaired) electrons. The summed E-state index contributed by atoms with van der Waals surface area (Å²) < 4.78 is 18.6. The van der Waals surface area contributed by atoms with Crippen LogP contribution in [0.4, 0.5) is 10.1 Å². The summed E-state index contributed by atoms with van der Waals surface area (Å²) in [5, 5.41) is 17.4. The number of hydroxylamine groups is 1. The number of ketones is 1. The van der Waals surface area contributed by atoms with Crippen LogP contribution in [0.15, 0.2) is 62.6 Å². The topological polar surface area (TPSA) is 121 Å². The van der Waals surface area contributed by atoms with Gasteiger partial charge >= 0.3 is 0 Å². The third-order valence-electron chi connectivity index (χ3n) is 6.28. The Labute approximate surface area is 209 Å². The monoisotopic (exact) mass is 543 g/mol. The molecule has 2 heterocycles. The molecule has 9 nitrogen and oxygen atoms in total. The molecule has 3 aromatic rings.